The van der Waals surface area contributed by atoms with Crippen LogP contribution < -0.4 is 20.1 Å². The Kier molecular flexibility index (Phi) is 14.1. The average Bonchev–Trinajstić information content (AvgIpc) is 3.09. The van der Waals surface area contributed by atoms with Gasteiger partial charge in [-0.25, -0.2) is 13.2 Å². The van der Waals surface area contributed by atoms with Crippen molar-refractivity contribution in [2.75, 3.05) is 45.8 Å². The molecule has 3 amide bonds. The molecule has 0 aromatic heterocycles. The number of rotatable bonds is 9. The molecule has 0 saturated heterocycles. The fraction of sp³-hybridized carbons (Fsp3) is 0.611. The van der Waals surface area contributed by atoms with Gasteiger partial charge in [0, 0.05) is 44.4 Å². The molecule has 49 heavy (non-hydrogen) atoms. The van der Waals surface area contributed by atoms with E-state index in [0.717, 1.165) is 38.5 Å². The van der Waals surface area contributed by atoms with Crippen molar-refractivity contribution in [3.63, 3.8) is 0 Å². The Labute approximate surface area is 291 Å². The molecule has 0 radical (unpaired) electrons. The minimum absolute atomic E-state index is 0.0609. The predicted molar refractivity (Wildman–Crippen MR) is 189 cm³/mol. The normalized spacial score (nSPS) is 22.4. The molecule has 13 heteroatoms. The maximum Gasteiger partial charge on any atom is 0.319 e. The first-order valence-electron chi connectivity index (χ1n) is 17.4. The Morgan fingerprint density at radius 2 is 1.76 bits per heavy atom. The van der Waals surface area contributed by atoms with Crippen LogP contribution in [0, 0.1) is 5.92 Å². The van der Waals surface area contributed by atoms with Crippen LogP contribution >= 0.6 is 0 Å². The van der Waals surface area contributed by atoms with Gasteiger partial charge in [0.05, 0.1) is 42.4 Å². The summed E-state index contributed by atoms with van der Waals surface area (Å²) in [5.74, 6) is 0.259. The molecule has 2 aliphatic rings. The van der Waals surface area contributed by atoms with Crippen LogP contribution in [0.2, 0.25) is 0 Å². The molecular formula is C36H54N4O8S. The van der Waals surface area contributed by atoms with E-state index in [1.165, 1.54) is 37.0 Å². The van der Waals surface area contributed by atoms with Gasteiger partial charge in [-0.15, -0.1) is 0 Å². The van der Waals surface area contributed by atoms with E-state index < -0.39 is 22.2 Å². The van der Waals surface area contributed by atoms with Gasteiger partial charge in [-0.3, -0.25) is 4.79 Å². The summed E-state index contributed by atoms with van der Waals surface area (Å²) in [5, 5.41) is 16.2. The topological polar surface area (TPSA) is 147 Å². The molecule has 1 saturated carbocycles. The molecule has 2 aromatic carbocycles. The van der Waals surface area contributed by atoms with Crippen molar-refractivity contribution >= 4 is 27.6 Å². The summed E-state index contributed by atoms with van der Waals surface area (Å²) < 4.78 is 46.1. The Morgan fingerprint density at radius 3 is 2.43 bits per heavy atom. The summed E-state index contributed by atoms with van der Waals surface area (Å²) in [6, 6.07) is 10.5. The van der Waals surface area contributed by atoms with E-state index in [9.17, 15) is 23.1 Å². The van der Waals surface area contributed by atoms with Crippen molar-refractivity contribution in [1.82, 2.24) is 14.5 Å². The Morgan fingerprint density at radius 1 is 1.06 bits per heavy atom. The number of carbonyl (C=O) groups is 2. The molecule has 2 aromatic rings. The van der Waals surface area contributed by atoms with Crippen molar-refractivity contribution < 1.29 is 37.3 Å². The third-order valence-corrected chi connectivity index (χ3v) is 11.3. The number of anilines is 1. The quantitative estimate of drug-likeness (QED) is 0.321. The fourth-order valence-electron chi connectivity index (χ4n) is 6.34. The Balaban J connectivity index is 1.60. The SMILES string of the molecule is COc1ccc(S(=O)(=O)N(C)C[C@@H]2OCCCC[C@H](C)Oc3ccc(NC(=O)NC4CCCCC4)cc3C(=O)N([C@H](C)CO)C[C@H]2C)cc1. The zero-order valence-corrected chi connectivity index (χ0v) is 30.3. The van der Waals surface area contributed by atoms with Crippen LogP contribution in [0.4, 0.5) is 10.5 Å². The van der Waals surface area contributed by atoms with E-state index in [2.05, 4.69) is 10.6 Å². The second-order valence-electron chi connectivity index (χ2n) is 13.4. The number of amides is 3. The van der Waals surface area contributed by atoms with E-state index in [1.807, 2.05) is 13.8 Å². The van der Waals surface area contributed by atoms with Gasteiger partial charge in [0.15, 0.2) is 0 Å². The summed E-state index contributed by atoms with van der Waals surface area (Å²) in [6.07, 6.45) is 6.76. The number of carbonyl (C=O) groups excluding carboxylic acids is 2. The van der Waals surface area contributed by atoms with E-state index in [4.69, 9.17) is 14.2 Å². The number of benzene rings is 2. The lowest BCUT2D eigenvalue weighted by Gasteiger charge is -2.35. The van der Waals surface area contributed by atoms with Crippen molar-refractivity contribution in [2.45, 2.75) is 101 Å². The number of nitrogens with zero attached hydrogens (tertiary/aromatic N) is 2. The second kappa shape index (κ2) is 18.0. The lowest BCUT2D eigenvalue weighted by atomic mass is 9.96. The van der Waals surface area contributed by atoms with Crippen molar-refractivity contribution in [2.24, 2.45) is 5.92 Å². The highest BCUT2D eigenvalue weighted by Gasteiger charge is 2.32. The number of hydrogen-bond acceptors (Lipinski definition) is 8. The number of sulfonamides is 1. The number of ether oxygens (including phenoxy) is 3. The minimum atomic E-state index is -3.84. The molecule has 1 fully saturated rings. The molecule has 272 valence electrons. The van der Waals surface area contributed by atoms with Crippen LogP contribution in [0.1, 0.15) is 82.5 Å². The number of fused-ring (bicyclic) bond motifs is 1. The van der Waals surface area contributed by atoms with Gasteiger partial charge in [0.1, 0.15) is 11.5 Å². The monoisotopic (exact) mass is 702 g/mol. The fourth-order valence-corrected chi connectivity index (χ4v) is 7.52. The van der Waals surface area contributed by atoms with Gasteiger partial charge in [0.2, 0.25) is 10.0 Å². The third kappa shape index (κ3) is 10.6. The summed E-state index contributed by atoms with van der Waals surface area (Å²) in [6.45, 7) is 5.99. The summed E-state index contributed by atoms with van der Waals surface area (Å²) >= 11 is 0. The van der Waals surface area contributed by atoms with Crippen LogP contribution in [-0.2, 0) is 14.8 Å². The average molecular weight is 703 g/mol. The first kappa shape index (κ1) is 38.4. The summed E-state index contributed by atoms with van der Waals surface area (Å²) in [5.41, 5.74) is 0.720. The van der Waals surface area contributed by atoms with E-state index in [-0.39, 0.29) is 60.2 Å². The number of hydrogen-bond donors (Lipinski definition) is 3. The highest BCUT2D eigenvalue weighted by molar-refractivity contribution is 7.89. The largest absolute Gasteiger partial charge is 0.497 e. The molecule has 3 N–H and O–H groups in total. The van der Waals surface area contributed by atoms with Gasteiger partial charge in [-0.05, 0) is 88.4 Å². The molecule has 4 atom stereocenters. The van der Waals surface area contributed by atoms with E-state index in [0.29, 0.717) is 30.2 Å². The highest BCUT2D eigenvalue weighted by atomic mass is 32.2. The van der Waals surface area contributed by atoms with Crippen LogP contribution in [0.25, 0.3) is 0 Å². The second-order valence-corrected chi connectivity index (χ2v) is 15.5. The maximum absolute atomic E-state index is 14.4. The number of nitrogens with one attached hydrogen (secondary N) is 2. The van der Waals surface area contributed by atoms with Gasteiger partial charge in [0.25, 0.3) is 5.91 Å². The van der Waals surface area contributed by atoms with Gasteiger partial charge < -0.3 is 34.9 Å². The first-order valence-corrected chi connectivity index (χ1v) is 18.9. The number of urea groups is 1. The molecular weight excluding hydrogens is 648 g/mol. The Hall–Kier alpha value is -3.39. The third-order valence-electron chi connectivity index (χ3n) is 9.45. The van der Waals surface area contributed by atoms with Crippen molar-refractivity contribution in [1.29, 1.82) is 0 Å². The van der Waals surface area contributed by atoms with Crippen molar-refractivity contribution in [3.05, 3.63) is 48.0 Å². The molecule has 0 bridgehead atoms. The van der Waals surface area contributed by atoms with E-state index >= 15 is 0 Å². The molecule has 4 rings (SSSR count). The van der Waals surface area contributed by atoms with Crippen LogP contribution in [0.15, 0.2) is 47.4 Å². The zero-order valence-electron chi connectivity index (χ0n) is 29.5. The van der Waals surface area contributed by atoms with Crippen LogP contribution in [0.3, 0.4) is 0 Å². The predicted octanol–water partition coefficient (Wildman–Crippen LogP) is 5.27. The summed E-state index contributed by atoms with van der Waals surface area (Å²) in [4.78, 5) is 29.0. The molecule has 0 spiro atoms. The standard InChI is InChI=1S/C36H54N4O8S/c1-25-22-40(26(2)24-41)35(42)32-21-29(38-36(43)37-28-12-7-6-8-13-28)14-19-33(32)48-27(3)11-9-10-20-47-34(25)23-39(4)49(44,45)31-17-15-30(46-5)16-18-31/h14-19,21,25-28,34,41H,6-13,20,22-24H2,1-5H3,(H2,37,38,43)/t25-,26-,27+,34+/m1/s1. The zero-order chi connectivity index (χ0) is 35.6. The first-order chi connectivity index (χ1) is 23.4. The van der Waals surface area contributed by atoms with Crippen molar-refractivity contribution in [3.8, 4) is 11.5 Å². The van der Waals surface area contributed by atoms with Crippen LogP contribution in [0.5, 0.6) is 11.5 Å². The number of aliphatic hydroxyl groups excluding tert-OH is 1. The maximum atomic E-state index is 14.4. The number of methoxy groups -OCH3 is 1. The minimum Gasteiger partial charge on any atom is -0.497 e. The molecule has 0 unspecified atom stereocenters. The molecule has 1 aliphatic heterocycles. The van der Waals surface area contributed by atoms with Gasteiger partial charge in [-0.1, -0.05) is 26.2 Å². The summed E-state index contributed by atoms with van der Waals surface area (Å²) in [7, 11) is -0.801. The smallest absolute Gasteiger partial charge is 0.319 e. The molecule has 1 heterocycles. The van der Waals surface area contributed by atoms with Gasteiger partial charge >= 0.3 is 6.03 Å². The molecule has 12 nitrogen and oxygen atoms in total. The lowest BCUT2D eigenvalue weighted by molar-refractivity contribution is -0.00834. The van der Waals surface area contributed by atoms with Gasteiger partial charge in [-0.2, -0.15) is 4.31 Å². The highest BCUT2D eigenvalue weighted by Crippen LogP contribution is 2.29. The van der Waals surface area contributed by atoms with E-state index in [1.54, 1.807) is 42.2 Å². The lowest BCUT2D eigenvalue weighted by Crippen LogP contribution is -2.48. The number of likely N-dealkylation sites (N-methyl/N-ethyl adjacent to an activating group) is 1. The molecule has 1 aliphatic carbocycles. The Bertz CT molecular complexity index is 1480. The number of aliphatic hydroxyl groups is 1. The van der Waals surface area contributed by atoms with Crippen LogP contribution in [-0.4, -0.2) is 99.4 Å².